The summed E-state index contributed by atoms with van der Waals surface area (Å²) >= 11 is 0. The number of nitrogens with zero attached hydrogens (tertiary/aromatic N) is 3. The van der Waals surface area contributed by atoms with Crippen LogP contribution in [0.2, 0.25) is 0 Å². The maximum atomic E-state index is 12.9. The first-order valence-corrected chi connectivity index (χ1v) is 10.1. The van der Waals surface area contributed by atoms with Crippen LogP contribution in [-0.2, 0) is 21.4 Å². The van der Waals surface area contributed by atoms with Crippen molar-refractivity contribution in [3.05, 3.63) is 42.1 Å². The van der Waals surface area contributed by atoms with Crippen LogP contribution in [0.25, 0.3) is 0 Å². The molecule has 2 amide bonds. The lowest BCUT2D eigenvalue weighted by atomic mass is 10.1. The first-order chi connectivity index (χ1) is 12.8. The van der Waals surface area contributed by atoms with E-state index < -0.39 is 22.0 Å². The molecule has 3 N–H and O–H groups in total. The van der Waals surface area contributed by atoms with Crippen LogP contribution < -0.4 is 15.4 Å². The second-order valence-electron chi connectivity index (χ2n) is 6.20. The smallest absolute Gasteiger partial charge is 0.248 e. The van der Waals surface area contributed by atoms with Gasteiger partial charge in [0, 0.05) is 24.7 Å². The summed E-state index contributed by atoms with van der Waals surface area (Å²) in [6, 6.07) is 6.26. The van der Waals surface area contributed by atoms with Gasteiger partial charge in [0.25, 0.3) is 0 Å². The third-order valence-electron chi connectivity index (χ3n) is 4.44. The van der Waals surface area contributed by atoms with Gasteiger partial charge in [-0.15, -0.1) is 0 Å². The van der Waals surface area contributed by atoms with E-state index in [1.807, 2.05) is 6.92 Å². The molecule has 27 heavy (non-hydrogen) atoms. The Morgan fingerprint density at radius 2 is 2.15 bits per heavy atom. The van der Waals surface area contributed by atoms with E-state index in [0.29, 0.717) is 31.7 Å². The molecule has 1 aromatic carbocycles. The van der Waals surface area contributed by atoms with Crippen molar-refractivity contribution in [1.82, 2.24) is 14.5 Å². The van der Waals surface area contributed by atoms with Gasteiger partial charge >= 0.3 is 0 Å². The van der Waals surface area contributed by atoms with Crippen molar-refractivity contribution in [2.24, 2.45) is 5.73 Å². The van der Waals surface area contributed by atoms with E-state index >= 15 is 0 Å². The van der Waals surface area contributed by atoms with Crippen molar-refractivity contribution < 1.29 is 18.0 Å². The number of aryl methyl sites for hydroxylation is 1. The van der Waals surface area contributed by atoms with E-state index in [0.717, 1.165) is 0 Å². The lowest BCUT2D eigenvalue weighted by molar-refractivity contribution is -0.121. The fraction of sp³-hybridized carbons (Fsp3) is 0.353. The number of amides is 2. The molecule has 9 nitrogen and oxygen atoms in total. The van der Waals surface area contributed by atoms with Gasteiger partial charge < -0.3 is 5.73 Å². The Bertz CT molecular complexity index is 969. The van der Waals surface area contributed by atoms with Crippen molar-refractivity contribution in [2.45, 2.75) is 37.2 Å². The molecule has 0 spiro atoms. The van der Waals surface area contributed by atoms with Crippen LogP contribution in [0.3, 0.4) is 0 Å². The number of piperidine rings is 1. The van der Waals surface area contributed by atoms with Crippen LogP contribution >= 0.6 is 0 Å². The number of rotatable bonds is 6. The van der Waals surface area contributed by atoms with Crippen LogP contribution in [-0.4, -0.2) is 42.6 Å². The molecular weight excluding hydrogens is 370 g/mol. The summed E-state index contributed by atoms with van der Waals surface area (Å²) in [5.74, 6) is -0.409. The van der Waals surface area contributed by atoms with Crippen LogP contribution in [0.4, 0.5) is 5.82 Å². The summed E-state index contributed by atoms with van der Waals surface area (Å²) in [4.78, 5) is 25.6. The summed E-state index contributed by atoms with van der Waals surface area (Å²) in [5.41, 5.74) is 5.29. The minimum absolute atomic E-state index is 0.0846. The number of hydrogen-bond acceptors (Lipinski definition) is 5. The molecule has 1 saturated heterocycles. The Kier molecular flexibility index (Phi) is 5.29. The predicted octanol–water partition coefficient (Wildman–Crippen LogP) is 0.476. The topological polar surface area (TPSA) is 127 Å². The molecule has 144 valence electrons. The highest BCUT2D eigenvalue weighted by molar-refractivity contribution is 7.89. The van der Waals surface area contributed by atoms with Crippen LogP contribution in [0.1, 0.15) is 30.1 Å². The highest BCUT2D eigenvalue weighted by atomic mass is 32.2. The monoisotopic (exact) mass is 391 g/mol. The van der Waals surface area contributed by atoms with E-state index in [1.54, 1.807) is 21.8 Å². The molecule has 2 aromatic rings. The molecular formula is C17H21N5O4S. The van der Waals surface area contributed by atoms with Gasteiger partial charge in [0.15, 0.2) is 0 Å². The highest BCUT2D eigenvalue weighted by Gasteiger charge is 2.34. The maximum Gasteiger partial charge on any atom is 0.248 e. The molecule has 0 aliphatic carbocycles. The number of benzene rings is 1. The van der Waals surface area contributed by atoms with Crippen LogP contribution in [0.15, 0.2) is 41.4 Å². The quantitative estimate of drug-likeness (QED) is 0.740. The van der Waals surface area contributed by atoms with E-state index in [9.17, 15) is 18.0 Å². The Hall–Kier alpha value is -2.72. The summed E-state index contributed by atoms with van der Waals surface area (Å²) in [6.07, 6.45) is 2.65. The number of hydrogen-bond donors (Lipinski definition) is 2. The molecule has 1 fully saturated rings. The molecule has 1 unspecified atom stereocenters. The molecule has 1 aliphatic heterocycles. The zero-order valence-corrected chi connectivity index (χ0v) is 15.6. The van der Waals surface area contributed by atoms with Gasteiger partial charge in [-0.05, 0) is 38.0 Å². The second kappa shape index (κ2) is 7.49. The molecule has 0 bridgehead atoms. The van der Waals surface area contributed by atoms with Crippen molar-refractivity contribution in [1.29, 1.82) is 0 Å². The Labute approximate surface area is 157 Å². The van der Waals surface area contributed by atoms with Crippen LogP contribution in [0, 0.1) is 0 Å². The number of aromatic nitrogens is 2. The van der Waals surface area contributed by atoms with Crippen molar-refractivity contribution in [3.63, 3.8) is 0 Å². The number of carbonyl (C=O) groups excluding carboxylic acids is 2. The third kappa shape index (κ3) is 3.86. The lowest BCUT2D eigenvalue weighted by Gasteiger charge is -2.32. The highest BCUT2D eigenvalue weighted by Crippen LogP contribution is 2.22. The zero-order valence-electron chi connectivity index (χ0n) is 14.8. The fourth-order valence-corrected chi connectivity index (χ4v) is 4.35. The van der Waals surface area contributed by atoms with Crippen LogP contribution in [0.5, 0.6) is 0 Å². The average Bonchev–Trinajstić information content (AvgIpc) is 3.12. The van der Waals surface area contributed by atoms with Crippen molar-refractivity contribution in [2.75, 3.05) is 11.4 Å². The molecule has 1 atom stereocenters. The molecule has 1 aliphatic rings. The minimum atomic E-state index is -3.98. The number of anilines is 1. The van der Waals surface area contributed by atoms with E-state index in [-0.39, 0.29) is 16.4 Å². The van der Waals surface area contributed by atoms with Crippen molar-refractivity contribution in [3.8, 4) is 0 Å². The summed E-state index contributed by atoms with van der Waals surface area (Å²) in [7, 11) is -3.98. The summed E-state index contributed by atoms with van der Waals surface area (Å²) in [5, 5.41) is 4.16. The first-order valence-electron chi connectivity index (χ1n) is 8.59. The Morgan fingerprint density at radius 1 is 1.37 bits per heavy atom. The van der Waals surface area contributed by atoms with E-state index in [4.69, 9.17) is 5.73 Å². The summed E-state index contributed by atoms with van der Waals surface area (Å²) < 4.78 is 29.5. The number of sulfonamides is 1. The maximum absolute atomic E-state index is 12.9. The van der Waals surface area contributed by atoms with Gasteiger partial charge in [-0.25, -0.2) is 13.1 Å². The largest absolute Gasteiger partial charge is 0.366 e. The van der Waals surface area contributed by atoms with Gasteiger partial charge in [-0.1, -0.05) is 6.07 Å². The number of primary amides is 1. The minimum Gasteiger partial charge on any atom is -0.366 e. The van der Waals surface area contributed by atoms with Gasteiger partial charge in [0.2, 0.25) is 21.8 Å². The number of nitrogens with one attached hydrogen (secondary N) is 1. The van der Waals surface area contributed by atoms with E-state index in [2.05, 4.69) is 9.82 Å². The SMILES string of the molecule is CCn1nccc1N1CCCC(NS(=O)(=O)c2cccc(C(N)=O)c2)C1=O. The molecule has 10 heteroatoms. The number of carbonyl (C=O) groups is 2. The summed E-state index contributed by atoms with van der Waals surface area (Å²) in [6.45, 7) is 3.01. The van der Waals surface area contributed by atoms with Gasteiger partial charge in [-0.3, -0.25) is 14.5 Å². The van der Waals surface area contributed by atoms with Gasteiger partial charge in [-0.2, -0.15) is 9.82 Å². The molecule has 1 aromatic heterocycles. The molecule has 0 saturated carbocycles. The Balaban J connectivity index is 1.83. The molecule has 0 radical (unpaired) electrons. The molecule has 3 rings (SSSR count). The predicted molar refractivity (Wildman–Crippen MR) is 98.6 cm³/mol. The van der Waals surface area contributed by atoms with Gasteiger partial charge in [0.1, 0.15) is 11.9 Å². The fourth-order valence-electron chi connectivity index (χ4n) is 3.08. The lowest BCUT2D eigenvalue weighted by Crippen LogP contribution is -2.52. The Morgan fingerprint density at radius 3 is 2.85 bits per heavy atom. The normalized spacial score (nSPS) is 17.9. The van der Waals surface area contributed by atoms with Gasteiger partial charge in [0.05, 0.1) is 11.1 Å². The second-order valence-corrected chi connectivity index (χ2v) is 7.92. The zero-order chi connectivity index (χ0) is 19.6. The standard InChI is InChI=1S/C17H21N5O4S/c1-2-22-15(8-9-19-22)21-10-4-7-14(17(21)24)20-27(25,26)13-6-3-5-12(11-13)16(18)23/h3,5-6,8-9,11,14,20H,2,4,7,10H2,1H3,(H2,18,23). The first kappa shape index (κ1) is 19.1. The molecule has 2 heterocycles. The third-order valence-corrected chi connectivity index (χ3v) is 5.90. The van der Waals surface area contributed by atoms with Crippen molar-refractivity contribution >= 4 is 27.7 Å². The average molecular weight is 391 g/mol. The van der Waals surface area contributed by atoms with E-state index in [1.165, 1.54) is 24.3 Å². The number of nitrogens with two attached hydrogens (primary N) is 1.